The Morgan fingerprint density at radius 2 is 1.76 bits per heavy atom. The van der Waals surface area contributed by atoms with E-state index in [-0.39, 0.29) is 5.41 Å². The molecule has 0 spiro atoms. The summed E-state index contributed by atoms with van der Waals surface area (Å²) in [6.07, 6.45) is 0. The van der Waals surface area contributed by atoms with E-state index in [1.807, 2.05) is 0 Å². The number of rotatable bonds is 0. The summed E-state index contributed by atoms with van der Waals surface area (Å²) < 4.78 is 0. The molecule has 0 aliphatic rings. The van der Waals surface area contributed by atoms with Crippen molar-refractivity contribution in [1.29, 1.82) is 0 Å². The predicted molar refractivity (Wildman–Crippen MR) is 75.0 cm³/mol. The van der Waals surface area contributed by atoms with Gasteiger partial charge in [-0.15, -0.1) is 0 Å². The van der Waals surface area contributed by atoms with Crippen molar-refractivity contribution in [2.75, 3.05) is 0 Å². The molecule has 0 aliphatic heterocycles. The summed E-state index contributed by atoms with van der Waals surface area (Å²) in [5.41, 5.74) is 2.46. The normalized spacial score (nSPS) is 11.1. The van der Waals surface area contributed by atoms with Crippen LogP contribution in [0, 0.1) is 24.2 Å². The lowest BCUT2D eigenvalue weighted by molar-refractivity contribution is 0.571. The standard InChI is InChI=1S/C17H18/c1-13-6-5-7-15-9-8-14(12-16(13)15)10-11-17(2,3)4/h5-9,12H,1-4H3. The van der Waals surface area contributed by atoms with Gasteiger partial charge in [-0.1, -0.05) is 36.1 Å². The van der Waals surface area contributed by atoms with Crippen LogP contribution in [0.25, 0.3) is 10.8 Å². The van der Waals surface area contributed by atoms with E-state index >= 15 is 0 Å². The fraction of sp³-hybridized carbons (Fsp3) is 0.294. The van der Waals surface area contributed by atoms with E-state index in [2.05, 4.69) is 75.9 Å². The Labute approximate surface area is 104 Å². The van der Waals surface area contributed by atoms with Gasteiger partial charge in [0.2, 0.25) is 0 Å². The SMILES string of the molecule is Cc1cccc2ccc(C#CC(C)(C)C)cc12. The summed E-state index contributed by atoms with van der Waals surface area (Å²) in [5, 5.41) is 2.58. The van der Waals surface area contributed by atoms with Gasteiger partial charge in [0.25, 0.3) is 0 Å². The molecule has 0 nitrogen and oxygen atoms in total. The molecule has 2 aromatic carbocycles. The van der Waals surface area contributed by atoms with Gasteiger partial charge in [0, 0.05) is 11.0 Å². The van der Waals surface area contributed by atoms with Crippen molar-refractivity contribution in [3.63, 3.8) is 0 Å². The first-order valence-electron chi connectivity index (χ1n) is 5.98. The van der Waals surface area contributed by atoms with Gasteiger partial charge in [0.05, 0.1) is 0 Å². The maximum Gasteiger partial charge on any atom is 0.0251 e. The van der Waals surface area contributed by atoms with Crippen LogP contribution in [0.5, 0.6) is 0 Å². The summed E-state index contributed by atoms with van der Waals surface area (Å²) >= 11 is 0. The molecule has 17 heavy (non-hydrogen) atoms. The van der Waals surface area contributed by atoms with Gasteiger partial charge in [-0.2, -0.15) is 0 Å². The van der Waals surface area contributed by atoms with Gasteiger partial charge >= 0.3 is 0 Å². The summed E-state index contributed by atoms with van der Waals surface area (Å²) in [6, 6.07) is 12.8. The Hall–Kier alpha value is -1.74. The molecule has 0 amide bonds. The molecule has 0 aromatic heterocycles. The van der Waals surface area contributed by atoms with Crippen LogP contribution in [-0.4, -0.2) is 0 Å². The first-order valence-corrected chi connectivity index (χ1v) is 5.98. The minimum atomic E-state index is 0.0562. The minimum Gasteiger partial charge on any atom is -0.0920 e. The minimum absolute atomic E-state index is 0.0562. The van der Waals surface area contributed by atoms with E-state index in [4.69, 9.17) is 0 Å². The Bertz CT molecular complexity index is 601. The lowest BCUT2D eigenvalue weighted by atomic mass is 9.97. The molecule has 86 valence electrons. The van der Waals surface area contributed by atoms with Gasteiger partial charge in [-0.05, 0) is 56.2 Å². The second-order valence-electron chi connectivity index (χ2n) is 5.51. The van der Waals surface area contributed by atoms with Gasteiger partial charge in [0.15, 0.2) is 0 Å². The highest BCUT2D eigenvalue weighted by atomic mass is 14.1. The predicted octanol–water partition coefficient (Wildman–Crippen LogP) is 4.55. The van der Waals surface area contributed by atoms with Crippen LogP contribution < -0.4 is 0 Å². The van der Waals surface area contributed by atoms with E-state index in [1.54, 1.807) is 0 Å². The van der Waals surface area contributed by atoms with Crippen LogP contribution in [0.3, 0.4) is 0 Å². The number of aryl methyl sites for hydroxylation is 1. The smallest absolute Gasteiger partial charge is 0.0251 e. The average Bonchev–Trinajstić information content (AvgIpc) is 2.26. The third-order valence-corrected chi connectivity index (χ3v) is 2.68. The van der Waals surface area contributed by atoms with Gasteiger partial charge in [-0.25, -0.2) is 0 Å². The molecule has 0 saturated carbocycles. The Morgan fingerprint density at radius 1 is 1.00 bits per heavy atom. The van der Waals surface area contributed by atoms with Gasteiger partial charge < -0.3 is 0 Å². The largest absolute Gasteiger partial charge is 0.0920 e. The number of fused-ring (bicyclic) bond motifs is 1. The third kappa shape index (κ3) is 2.88. The molecular formula is C17H18. The second-order valence-corrected chi connectivity index (χ2v) is 5.51. The summed E-state index contributed by atoms with van der Waals surface area (Å²) in [4.78, 5) is 0. The fourth-order valence-electron chi connectivity index (χ4n) is 1.77. The van der Waals surface area contributed by atoms with Crippen molar-refractivity contribution in [3.8, 4) is 11.8 Å². The van der Waals surface area contributed by atoms with Gasteiger partial charge in [-0.3, -0.25) is 0 Å². The van der Waals surface area contributed by atoms with E-state index in [9.17, 15) is 0 Å². The Morgan fingerprint density at radius 3 is 2.47 bits per heavy atom. The van der Waals surface area contributed by atoms with Crippen molar-refractivity contribution in [3.05, 3.63) is 47.5 Å². The highest BCUT2D eigenvalue weighted by Gasteiger charge is 2.03. The van der Waals surface area contributed by atoms with E-state index in [1.165, 1.54) is 16.3 Å². The van der Waals surface area contributed by atoms with Crippen molar-refractivity contribution in [1.82, 2.24) is 0 Å². The molecule has 2 rings (SSSR count). The number of benzene rings is 2. The monoisotopic (exact) mass is 222 g/mol. The maximum atomic E-state index is 3.27. The molecule has 0 heterocycles. The quantitative estimate of drug-likeness (QED) is 0.574. The van der Waals surface area contributed by atoms with E-state index in [0.717, 1.165) is 5.56 Å². The maximum absolute atomic E-state index is 3.27. The topological polar surface area (TPSA) is 0 Å². The van der Waals surface area contributed by atoms with Crippen molar-refractivity contribution >= 4 is 10.8 Å². The number of hydrogen-bond donors (Lipinski definition) is 0. The molecule has 0 bridgehead atoms. The zero-order valence-corrected chi connectivity index (χ0v) is 11.0. The van der Waals surface area contributed by atoms with Crippen LogP contribution >= 0.6 is 0 Å². The molecular weight excluding hydrogens is 204 g/mol. The number of hydrogen-bond acceptors (Lipinski definition) is 0. The average molecular weight is 222 g/mol. The van der Waals surface area contributed by atoms with Crippen molar-refractivity contribution in [2.45, 2.75) is 27.7 Å². The second kappa shape index (κ2) is 4.26. The summed E-state index contributed by atoms with van der Waals surface area (Å²) in [5.74, 6) is 6.53. The Balaban J connectivity index is 2.51. The van der Waals surface area contributed by atoms with Crippen LogP contribution in [0.1, 0.15) is 31.9 Å². The molecule has 0 fully saturated rings. The lowest BCUT2D eigenvalue weighted by Crippen LogP contribution is -1.99. The molecule has 0 radical (unpaired) electrons. The van der Waals surface area contributed by atoms with Crippen molar-refractivity contribution in [2.24, 2.45) is 5.41 Å². The van der Waals surface area contributed by atoms with Crippen LogP contribution in [0.2, 0.25) is 0 Å². The van der Waals surface area contributed by atoms with Crippen LogP contribution in [-0.2, 0) is 0 Å². The Kier molecular flexibility index (Phi) is 2.94. The van der Waals surface area contributed by atoms with Gasteiger partial charge in [0.1, 0.15) is 0 Å². The molecule has 0 unspecified atom stereocenters. The molecule has 0 saturated heterocycles. The van der Waals surface area contributed by atoms with E-state index < -0.39 is 0 Å². The molecule has 0 heteroatoms. The highest BCUT2D eigenvalue weighted by molar-refractivity contribution is 5.86. The highest BCUT2D eigenvalue weighted by Crippen LogP contribution is 2.19. The first kappa shape index (κ1) is 11.7. The summed E-state index contributed by atoms with van der Waals surface area (Å²) in [7, 11) is 0. The van der Waals surface area contributed by atoms with Crippen LogP contribution in [0.15, 0.2) is 36.4 Å². The molecule has 2 aromatic rings. The summed E-state index contributed by atoms with van der Waals surface area (Å²) in [6.45, 7) is 8.54. The van der Waals surface area contributed by atoms with Crippen LogP contribution in [0.4, 0.5) is 0 Å². The lowest BCUT2D eigenvalue weighted by Gasteiger charge is -2.07. The molecule has 0 N–H and O–H groups in total. The van der Waals surface area contributed by atoms with E-state index in [0.29, 0.717) is 0 Å². The van der Waals surface area contributed by atoms with Crippen molar-refractivity contribution < 1.29 is 0 Å². The zero-order chi connectivity index (χ0) is 12.5. The molecule has 0 atom stereocenters. The fourth-order valence-corrected chi connectivity index (χ4v) is 1.77. The molecule has 0 aliphatic carbocycles. The zero-order valence-electron chi connectivity index (χ0n) is 11.0. The first-order chi connectivity index (χ1) is 7.96. The third-order valence-electron chi connectivity index (χ3n) is 2.68.